The van der Waals surface area contributed by atoms with E-state index in [1.54, 1.807) is 104 Å². The minimum atomic E-state index is -1.05. The van der Waals surface area contributed by atoms with Crippen LogP contribution in [0.15, 0.2) is 233 Å². The van der Waals surface area contributed by atoms with Crippen molar-refractivity contribution >= 4 is 74.6 Å². The highest BCUT2D eigenvalue weighted by molar-refractivity contribution is 6.06. The number of aromatic carboxylic acids is 1. The van der Waals surface area contributed by atoms with E-state index in [4.69, 9.17) is 25.2 Å². The summed E-state index contributed by atoms with van der Waals surface area (Å²) >= 11 is 0. The maximum atomic E-state index is 13.3. The predicted octanol–water partition coefficient (Wildman–Crippen LogP) is 9.83. The number of nitrogens with zero attached hydrogens (tertiary/aromatic N) is 14. The lowest BCUT2D eigenvalue weighted by atomic mass is 10.1. The molecule has 0 aliphatic carbocycles. The molecule has 18 bridgehead atoms. The molecule has 18 rings (SSSR count). The van der Waals surface area contributed by atoms with Crippen LogP contribution in [0.4, 0.5) is 17.8 Å². The largest absolute Gasteiger partial charge is 0.493 e. The van der Waals surface area contributed by atoms with Crippen molar-refractivity contribution in [3.05, 3.63) is 305 Å². The van der Waals surface area contributed by atoms with Crippen LogP contribution in [0.3, 0.4) is 0 Å². The van der Waals surface area contributed by atoms with E-state index in [0.717, 1.165) is 73.0 Å². The van der Waals surface area contributed by atoms with E-state index in [2.05, 4.69) is 53.5 Å². The summed E-state index contributed by atoms with van der Waals surface area (Å²) in [5.74, 6) is 0.265. The highest BCUT2D eigenvalue weighted by atomic mass is 16.5. The second-order valence-electron chi connectivity index (χ2n) is 26.2. The zero-order valence-corrected chi connectivity index (χ0v) is 58.6. The second kappa shape index (κ2) is 29.2. The number of hydrogen-bond acceptors (Lipinski definition) is 17. The third-order valence-electron chi connectivity index (χ3n) is 18.9. The Morgan fingerprint density at radius 1 is 0.431 bits per heavy atom. The van der Waals surface area contributed by atoms with Gasteiger partial charge >= 0.3 is 5.97 Å². The van der Waals surface area contributed by atoms with Crippen LogP contribution in [0.5, 0.6) is 11.5 Å². The van der Waals surface area contributed by atoms with Gasteiger partial charge < -0.3 is 34.0 Å². The number of imidazole rings is 3. The van der Waals surface area contributed by atoms with Gasteiger partial charge in [-0.3, -0.25) is 49.4 Å². The number of nitrogens with two attached hydrogens (primary N) is 1. The van der Waals surface area contributed by atoms with Crippen molar-refractivity contribution in [1.82, 2.24) is 67.8 Å². The predicted molar refractivity (Wildman–Crippen MR) is 408 cm³/mol. The van der Waals surface area contributed by atoms with Crippen molar-refractivity contribution in [3.8, 4) is 45.3 Å². The molecule has 28 nitrogen and oxygen atoms in total. The fourth-order valence-corrected chi connectivity index (χ4v) is 13.5. The molecule has 109 heavy (non-hydrogen) atoms. The molecule has 15 aromatic rings. The average Bonchev–Trinajstić information content (AvgIpc) is 1.62. The summed E-state index contributed by atoms with van der Waals surface area (Å²) in [6.45, 7) is 3.08. The van der Waals surface area contributed by atoms with Crippen LogP contribution in [-0.2, 0) is 52.2 Å². The molecule has 3 aliphatic heterocycles. The molecular formula is C81H66N18O10. The Bertz CT molecular complexity index is 6360. The number of carboxylic acids is 1. The molecule has 7 aromatic heterocycles. The van der Waals surface area contributed by atoms with Gasteiger partial charge in [-0.1, -0.05) is 78.9 Å². The number of fused-ring (bicyclic) bond motifs is 30. The van der Waals surface area contributed by atoms with Crippen LogP contribution in [0.25, 0.3) is 66.9 Å². The third-order valence-corrected chi connectivity index (χ3v) is 18.9. The number of ether oxygens (including phenoxy) is 2. The fourth-order valence-electron chi connectivity index (χ4n) is 13.5. The fraction of sp³-hybridized carbons (Fsp3) is 0.136. The lowest BCUT2D eigenvalue weighted by Crippen LogP contribution is -2.23. The first-order chi connectivity index (χ1) is 53.0. The number of amides is 3. The van der Waals surface area contributed by atoms with Gasteiger partial charge in [0.15, 0.2) is 11.5 Å². The zero-order valence-electron chi connectivity index (χ0n) is 58.6. The number of rotatable bonds is 5. The molecule has 0 spiro atoms. The van der Waals surface area contributed by atoms with Crippen LogP contribution in [-0.4, -0.2) is 117 Å². The molecule has 0 saturated heterocycles. The normalized spacial score (nSPS) is 13.0. The van der Waals surface area contributed by atoms with E-state index in [9.17, 15) is 38.7 Å². The lowest BCUT2D eigenvalue weighted by Gasteiger charge is -2.13. The Hall–Kier alpha value is -14.5. The van der Waals surface area contributed by atoms with E-state index >= 15 is 0 Å². The Balaban J connectivity index is 0.000000124. The maximum absolute atomic E-state index is 13.3. The van der Waals surface area contributed by atoms with E-state index in [0.29, 0.717) is 112 Å². The van der Waals surface area contributed by atoms with Gasteiger partial charge in [-0.25, -0.2) is 33.8 Å². The number of methoxy groups -OCH3 is 2. The van der Waals surface area contributed by atoms with Gasteiger partial charge in [-0.2, -0.15) is 20.4 Å². The van der Waals surface area contributed by atoms with Crippen LogP contribution >= 0.6 is 0 Å². The van der Waals surface area contributed by atoms with Crippen LogP contribution in [0, 0.1) is 0 Å². The topological polar surface area (TPSA) is 345 Å². The monoisotopic (exact) mass is 1450 g/mol. The van der Waals surface area contributed by atoms with Crippen molar-refractivity contribution in [1.29, 1.82) is 0 Å². The molecule has 10 heterocycles. The molecule has 3 amide bonds. The highest BCUT2D eigenvalue weighted by Gasteiger charge is 2.24. The molecule has 8 aromatic carbocycles. The number of hydrogen-bond donors (Lipinski definition) is 5. The van der Waals surface area contributed by atoms with Crippen molar-refractivity contribution in [2.45, 2.75) is 52.2 Å². The van der Waals surface area contributed by atoms with E-state index in [1.807, 2.05) is 105 Å². The Morgan fingerprint density at radius 2 is 0.844 bits per heavy atom. The highest BCUT2D eigenvalue weighted by Crippen LogP contribution is 2.35. The molecule has 0 saturated carbocycles. The lowest BCUT2D eigenvalue weighted by molar-refractivity contribution is 0.0696. The summed E-state index contributed by atoms with van der Waals surface area (Å²) in [5.41, 5.74) is 20.7. The maximum Gasteiger partial charge on any atom is 0.335 e. The van der Waals surface area contributed by atoms with Gasteiger partial charge in [-0.15, -0.1) is 0 Å². The number of carbonyl (C=O) groups excluding carboxylic acids is 3. The van der Waals surface area contributed by atoms with Crippen molar-refractivity contribution < 1.29 is 33.8 Å². The Morgan fingerprint density at radius 3 is 1.31 bits per heavy atom. The summed E-state index contributed by atoms with van der Waals surface area (Å²) in [7, 11) is 3.14. The Kier molecular flexibility index (Phi) is 18.4. The van der Waals surface area contributed by atoms with Gasteiger partial charge in [0, 0.05) is 76.5 Å². The van der Waals surface area contributed by atoms with Crippen LogP contribution in [0.1, 0.15) is 74.8 Å². The summed E-state index contributed by atoms with van der Waals surface area (Å²) in [6.07, 6.45) is 4.36. The molecule has 6 N–H and O–H groups in total. The van der Waals surface area contributed by atoms with Gasteiger partial charge in [0.2, 0.25) is 17.8 Å². The molecule has 540 valence electrons. The van der Waals surface area contributed by atoms with Crippen molar-refractivity contribution in [3.63, 3.8) is 0 Å². The number of carboxylic acid groups (broad SMARTS) is 1. The standard InChI is InChI=1S/C28H24N6O2.C27H19N5O4.C26H23N7O4/c29-12-11-18-7-9-25-24(15-18)30-28-31-27(36)22-6-2-4-20(14-22)17-34-26(35)10-8-23(32-34)21-5-1-3-19(13-21)16-33(25)28;33-24-10-8-21-18-5-1-3-16(11-18)14-31-23-9-7-20(26(35)36)13-22(23)28-27(31)29-25(34)19-6-2-4-17(12-19)15-32(24)30-21;1-36-22-11-20-21(12-23(22)37-2)32-9-8-31-15-18(13-27-31)19-6-7-24(34)33(30-19)14-16-4-3-5-17(10-16)25(35)29-26(32)28-20/h1-10,13-15H,11-12,16-17,29H2,(H,30,31,36);1-13H,14-15H2,(H,35,36)(H,28,29,34);3-7,10-13,15H,8-9,14H2,1-2H3,(H,28,29,35). The minimum absolute atomic E-state index is 0.114. The first-order valence-corrected chi connectivity index (χ1v) is 34.8. The van der Waals surface area contributed by atoms with Crippen LogP contribution in [0.2, 0.25) is 0 Å². The molecule has 0 unspecified atom stereocenters. The zero-order chi connectivity index (χ0) is 75.0. The van der Waals surface area contributed by atoms with Gasteiger partial charge in [0.1, 0.15) is 0 Å². The molecule has 28 heteroatoms. The number of aryl methyl sites for hydroxylation is 2. The second-order valence-corrected chi connectivity index (χ2v) is 26.2. The molecule has 0 fully saturated rings. The summed E-state index contributed by atoms with van der Waals surface area (Å²) in [5, 5.41) is 36.4. The molecule has 0 radical (unpaired) electrons. The van der Waals surface area contributed by atoms with Gasteiger partial charge in [0.25, 0.3) is 34.4 Å². The van der Waals surface area contributed by atoms with E-state index < -0.39 is 5.97 Å². The summed E-state index contributed by atoms with van der Waals surface area (Å²) in [6, 6.07) is 61.2. The number of anilines is 3. The number of carbonyl (C=O) groups is 4. The van der Waals surface area contributed by atoms with Crippen LogP contribution < -0.4 is 47.8 Å². The summed E-state index contributed by atoms with van der Waals surface area (Å²) < 4.78 is 22.7. The van der Waals surface area contributed by atoms with E-state index in [-0.39, 0.29) is 59.6 Å². The quantitative estimate of drug-likeness (QED) is 0.107. The van der Waals surface area contributed by atoms with E-state index in [1.165, 1.54) is 44.4 Å². The molecular weight excluding hydrogens is 1390 g/mol. The number of benzene rings is 8. The first-order valence-electron chi connectivity index (χ1n) is 34.8. The minimum Gasteiger partial charge on any atom is -0.493 e. The first kappa shape index (κ1) is 68.9. The van der Waals surface area contributed by atoms with Gasteiger partial charge in [0.05, 0.1) is 115 Å². The SMILES string of the molecule is COc1cc2nc3n(c2cc1OC)CCn1cc(cn1)-c1ccc(=O)n(n1)Cc1cccc(c1)C(=O)N3.NCCc1ccc2c(c1)nc1n2Cc2cccc(c2)-c2ccc(=O)n(n2)Cc2cccc(c2)C(=O)N1.O=C(O)c1ccc2c(c1)nc1n2Cc2cccc(c2)-c2ccc(=O)n(n2)Cc2cccc(c2)C(=O)N1. The van der Waals surface area contributed by atoms with Crippen molar-refractivity contribution in [2.75, 3.05) is 36.7 Å². The van der Waals surface area contributed by atoms with Crippen molar-refractivity contribution in [2.24, 2.45) is 5.73 Å². The number of nitrogens with one attached hydrogen (secondary N) is 3. The van der Waals surface area contributed by atoms with Gasteiger partial charge in [-0.05, 0) is 143 Å². The third kappa shape index (κ3) is 14.3. The molecule has 0 atom stereocenters. The molecule has 3 aliphatic rings. The average molecular weight is 1450 g/mol. The smallest absolute Gasteiger partial charge is 0.335 e. The summed E-state index contributed by atoms with van der Waals surface area (Å²) in [4.78, 5) is 103. The Labute approximate surface area is 618 Å². The number of aromatic nitrogens is 14.